The smallest absolute Gasteiger partial charge is 0.320 e. The lowest BCUT2D eigenvalue weighted by Crippen LogP contribution is -2.58. The fraction of sp³-hybridized carbons (Fsp3) is 0.857. The molecule has 0 aromatic carbocycles. The van der Waals surface area contributed by atoms with Gasteiger partial charge in [-0.1, -0.05) is 33.1 Å². The lowest BCUT2D eigenvalue weighted by molar-refractivity contribution is -0.126. The van der Waals surface area contributed by atoms with E-state index in [-0.39, 0.29) is 17.9 Å². The van der Waals surface area contributed by atoms with Gasteiger partial charge in [-0.25, -0.2) is 4.79 Å². The van der Waals surface area contributed by atoms with E-state index in [1.165, 1.54) is 32.1 Å². The molecule has 2 unspecified atom stereocenters. The molecule has 1 heterocycles. The van der Waals surface area contributed by atoms with Crippen LogP contribution in [0.4, 0.5) is 4.79 Å². The van der Waals surface area contributed by atoms with Crippen molar-refractivity contribution in [2.24, 2.45) is 11.8 Å². The molecule has 1 saturated heterocycles. The highest BCUT2D eigenvalue weighted by molar-refractivity contribution is 5.97. The number of carbonyl (C=O) groups excluding carboxylic acids is 2. The number of imide groups is 1. The number of urea groups is 1. The number of hydrogen-bond acceptors (Lipinski definition) is 2. The monoisotopic (exact) mass is 252 g/mol. The Balaban J connectivity index is 2.06. The maximum Gasteiger partial charge on any atom is 0.324 e. The molecule has 18 heavy (non-hydrogen) atoms. The SMILES string of the molecule is CCC(C1CCCCC1)N1CC(C)C(=O)NC1=O. The van der Waals surface area contributed by atoms with Crippen LogP contribution < -0.4 is 5.32 Å². The summed E-state index contributed by atoms with van der Waals surface area (Å²) in [6.07, 6.45) is 7.33. The van der Waals surface area contributed by atoms with Gasteiger partial charge in [0.1, 0.15) is 0 Å². The average Bonchev–Trinajstić information content (AvgIpc) is 2.38. The van der Waals surface area contributed by atoms with Crippen molar-refractivity contribution < 1.29 is 9.59 Å². The Morgan fingerprint density at radius 3 is 2.56 bits per heavy atom. The van der Waals surface area contributed by atoms with Crippen LogP contribution in [-0.2, 0) is 4.79 Å². The van der Waals surface area contributed by atoms with Crippen LogP contribution >= 0.6 is 0 Å². The standard InChI is InChI=1S/C14H24N2O2/c1-3-12(11-7-5-4-6-8-11)16-9-10(2)13(17)15-14(16)18/h10-12H,3-9H2,1-2H3,(H,15,17,18). The molecular formula is C14H24N2O2. The highest BCUT2D eigenvalue weighted by atomic mass is 16.2. The summed E-state index contributed by atoms with van der Waals surface area (Å²) in [5.74, 6) is 0.407. The van der Waals surface area contributed by atoms with E-state index in [0.29, 0.717) is 18.5 Å². The van der Waals surface area contributed by atoms with E-state index in [0.717, 1.165) is 6.42 Å². The van der Waals surface area contributed by atoms with Crippen molar-refractivity contribution in [2.45, 2.75) is 58.4 Å². The molecule has 4 heteroatoms. The Morgan fingerprint density at radius 1 is 1.28 bits per heavy atom. The van der Waals surface area contributed by atoms with Gasteiger partial charge in [0.25, 0.3) is 0 Å². The Morgan fingerprint density at radius 2 is 1.94 bits per heavy atom. The van der Waals surface area contributed by atoms with Gasteiger partial charge in [-0.2, -0.15) is 0 Å². The van der Waals surface area contributed by atoms with E-state index in [1.54, 1.807) is 0 Å². The molecule has 0 aromatic heterocycles. The second-order valence-corrected chi connectivity index (χ2v) is 5.72. The van der Waals surface area contributed by atoms with E-state index in [1.807, 2.05) is 11.8 Å². The summed E-state index contributed by atoms with van der Waals surface area (Å²) in [5.41, 5.74) is 0. The predicted octanol–water partition coefficient (Wildman–Crippen LogP) is 2.53. The van der Waals surface area contributed by atoms with Crippen molar-refractivity contribution >= 4 is 11.9 Å². The Labute approximate surface area is 109 Å². The quantitative estimate of drug-likeness (QED) is 0.839. The van der Waals surface area contributed by atoms with Crippen molar-refractivity contribution in [2.75, 3.05) is 6.54 Å². The van der Waals surface area contributed by atoms with Crippen LogP contribution in [0, 0.1) is 11.8 Å². The van der Waals surface area contributed by atoms with Gasteiger partial charge in [-0.05, 0) is 25.2 Å². The Kier molecular flexibility index (Phi) is 4.25. The molecule has 2 fully saturated rings. The predicted molar refractivity (Wildman–Crippen MR) is 70.1 cm³/mol. The first-order valence-corrected chi connectivity index (χ1v) is 7.25. The topological polar surface area (TPSA) is 49.4 Å². The number of nitrogens with zero attached hydrogens (tertiary/aromatic N) is 1. The second-order valence-electron chi connectivity index (χ2n) is 5.72. The van der Waals surface area contributed by atoms with Gasteiger partial charge in [0.2, 0.25) is 5.91 Å². The Bertz CT molecular complexity index is 324. The maximum atomic E-state index is 12.0. The summed E-state index contributed by atoms with van der Waals surface area (Å²) < 4.78 is 0. The van der Waals surface area contributed by atoms with Gasteiger partial charge in [0.15, 0.2) is 0 Å². The van der Waals surface area contributed by atoms with Crippen LogP contribution in [0.25, 0.3) is 0 Å². The van der Waals surface area contributed by atoms with Crippen molar-refractivity contribution in [3.05, 3.63) is 0 Å². The minimum Gasteiger partial charge on any atom is -0.320 e. The molecule has 4 nitrogen and oxygen atoms in total. The number of carbonyl (C=O) groups is 2. The molecule has 1 aliphatic heterocycles. The van der Waals surface area contributed by atoms with Gasteiger partial charge in [0.05, 0.1) is 5.92 Å². The second kappa shape index (κ2) is 5.72. The molecular weight excluding hydrogens is 228 g/mol. The number of hydrogen-bond donors (Lipinski definition) is 1. The summed E-state index contributed by atoms with van der Waals surface area (Å²) in [5, 5.41) is 2.48. The van der Waals surface area contributed by atoms with Crippen molar-refractivity contribution in [1.29, 1.82) is 0 Å². The molecule has 0 bridgehead atoms. The molecule has 0 radical (unpaired) electrons. The lowest BCUT2D eigenvalue weighted by atomic mass is 9.82. The Hall–Kier alpha value is -1.06. The van der Waals surface area contributed by atoms with Gasteiger partial charge in [-0.15, -0.1) is 0 Å². The van der Waals surface area contributed by atoms with E-state index < -0.39 is 0 Å². The molecule has 0 spiro atoms. The molecule has 0 aromatic rings. The lowest BCUT2D eigenvalue weighted by Gasteiger charge is -2.41. The van der Waals surface area contributed by atoms with E-state index >= 15 is 0 Å². The first-order chi connectivity index (χ1) is 8.63. The van der Waals surface area contributed by atoms with Gasteiger partial charge < -0.3 is 4.90 Å². The molecule has 3 amide bonds. The highest BCUT2D eigenvalue weighted by Crippen LogP contribution is 2.31. The summed E-state index contributed by atoms with van der Waals surface area (Å²) in [6.45, 7) is 4.62. The highest BCUT2D eigenvalue weighted by Gasteiger charge is 2.36. The van der Waals surface area contributed by atoms with Gasteiger partial charge in [-0.3, -0.25) is 10.1 Å². The van der Waals surface area contributed by atoms with Gasteiger partial charge in [0, 0.05) is 12.6 Å². The van der Waals surface area contributed by atoms with Crippen LogP contribution in [0.15, 0.2) is 0 Å². The largest absolute Gasteiger partial charge is 0.324 e. The van der Waals surface area contributed by atoms with Crippen molar-refractivity contribution in [1.82, 2.24) is 10.2 Å². The molecule has 2 atom stereocenters. The van der Waals surface area contributed by atoms with Gasteiger partial charge >= 0.3 is 6.03 Å². The van der Waals surface area contributed by atoms with E-state index in [9.17, 15) is 9.59 Å². The van der Waals surface area contributed by atoms with E-state index in [4.69, 9.17) is 0 Å². The summed E-state index contributed by atoms with van der Waals surface area (Å²) in [7, 11) is 0. The van der Waals surface area contributed by atoms with Crippen LogP contribution in [-0.4, -0.2) is 29.4 Å². The molecule has 1 saturated carbocycles. The van der Waals surface area contributed by atoms with Crippen LogP contribution in [0.2, 0.25) is 0 Å². The molecule has 1 aliphatic carbocycles. The van der Waals surface area contributed by atoms with E-state index in [2.05, 4.69) is 12.2 Å². The normalized spacial score (nSPS) is 28.1. The van der Waals surface area contributed by atoms with Crippen LogP contribution in [0.3, 0.4) is 0 Å². The maximum absolute atomic E-state index is 12.0. The third-order valence-corrected chi connectivity index (χ3v) is 4.42. The van der Waals surface area contributed by atoms with Crippen molar-refractivity contribution in [3.63, 3.8) is 0 Å². The molecule has 2 aliphatic rings. The molecule has 2 rings (SSSR count). The number of rotatable bonds is 3. The van der Waals surface area contributed by atoms with Crippen LogP contribution in [0.5, 0.6) is 0 Å². The number of nitrogens with one attached hydrogen (secondary N) is 1. The third kappa shape index (κ3) is 2.68. The summed E-state index contributed by atoms with van der Waals surface area (Å²) in [6, 6.07) is 0.122. The zero-order valence-electron chi connectivity index (χ0n) is 11.4. The summed E-state index contributed by atoms with van der Waals surface area (Å²) >= 11 is 0. The first-order valence-electron chi connectivity index (χ1n) is 7.25. The number of amides is 3. The fourth-order valence-corrected chi connectivity index (χ4v) is 3.37. The third-order valence-electron chi connectivity index (χ3n) is 4.42. The minimum absolute atomic E-state index is 0.0830. The van der Waals surface area contributed by atoms with Crippen LogP contribution in [0.1, 0.15) is 52.4 Å². The fourth-order valence-electron chi connectivity index (χ4n) is 3.37. The first kappa shape index (κ1) is 13.4. The average molecular weight is 252 g/mol. The zero-order chi connectivity index (χ0) is 13.1. The zero-order valence-corrected chi connectivity index (χ0v) is 11.4. The summed E-state index contributed by atoms with van der Waals surface area (Å²) in [4.78, 5) is 25.4. The molecule has 1 N–H and O–H groups in total. The minimum atomic E-state index is -0.185. The molecule has 102 valence electrons. The van der Waals surface area contributed by atoms with Crippen molar-refractivity contribution in [3.8, 4) is 0 Å².